The van der Waals surface area contributed by atoms with E-state index in [4.69, 9.17) is 24.5 Å². The fraction of sp³-hybridized carbons (Fsp3) is 0.643. The standard InChI is InChI=1S/C14H22N5O7P/c1-14(2)24-5-9(26-14)6-25-27(21,22)8-23-4-3-19-7-16-10-11(19)17-13(15)18-12(10)20/h7,9H,3-6,8H2,1-2H3,(H,21,22)(H3,15,17,18,20). The Morgan fingerprint density at radius 3 is 3.04 bits per heavy atom. The van der Waals surface area contributed by atoms with Gasteiger partial charge in [-0.3, -0.25) is 14.3 Å². The van der Waals surface area contributed by atoms with Crippen LogP contribution in [0.2, 0.25) is 0 Å². The van der Waals surface area contributed by atoms with E-state index in [1.807, 2.05) is 0 Å². The number of ether oxygens (including phenoxy) is 3. The van der Waals surface area contributed by atoms with Crippen molar-refractivity contribution in [2.45, 2.75) is 32.3 Å². The molecule has 13 heteroatoms. The molecule has 150 valence electrons. The number of imidazole rings is 1. The second-order valence-corrected chi connectivity index (χ2v) is 8.27. The summed E-state index contributed by atoms with van der Waals surface area (Å²) in [5.41, 5.74) is 5.55. The summed E-state index contributed by atoms with van der Waals surface area (Å²) in [5, 5.41) is 0. The Kier molecular flexibility index (Phi) is 5.65. The van der Waals surface area contributed by atoms with Gasteiger partial charge < -0.3 is 33.9 Å². The lowest BCUT2D eigenvalue weighted by Gasteiger charge is -2.18. The number of nitrogens with zero attached hydrogens (tertiary/aromatic N) is 3. The molecule has 4 N–H and O–H groups in total. The third-order valence-corrected chi connectivity index (χ3v) is 4.81. The molecular formula is C14H22N5O7P. The SMILES string of the molecule is CC1(C)OCC(COP(=O)(O)COCCn2cnc3c(=O)[nH]c(N)nc32)O1. The van der Waals surface area contributed by atoms with Crippen LogP contribution >= 0.6 is 7.60 Å². The molecule has 0 spiro atoms. The average Bonchev–Trinajstić information content (AvgIpc) is 3.13. The molecule has 1 saturated heterocycles. The number of H-pyrrole nitrogens is 1. The van der Waals surface area contributed by atoms with Crippen molar-refractivity contribution in [2.24, 2.45) is 0 Å². The number of fused-ring (bicyclic) bond motifs is 1. The van der Waals surface area contributed by atoms with Crippen molar-refractivity contribution in [3.8, 4) is 0 Å². The van der Waals surface area contributed by atoms with Gasteiger partial charge in [-0.15, -0.1) is 0 Å². The molecule has 12 nitrogen and oxygen atoms in total. The van der Waals surface area contributed by atoms with Crippen molar-refractivity contribution in [2.75, 3.05) is 31.9 Å². The maximum Gasteiger partial charge on any atom is 0.353 e. The van der Waals surface area contributed by atoms with Crippen molar-refractivity contribution >= 4 is 24.7 Å². The van der Waals surface area contributed by atoms with Crippen molar-refractivity contribution < 1.29 is 28.2 Å². The van der Waals surface area contributed by atoms with Gasteiger partial charge in [0.15, 0.2) is 17.0 Å². The quantitative estimate of drug-likeness (QED) is 0.404. The molecule has 2 aromatic rings. The van der Waals surface area contributed by atoms with Crippen LogP contribution in [0.4, 0.5) is 5.95 Å². The van der Waals surface area contributed by atoms with Gasteiger partial charge >= 0.3 is 7.60 Å². The van der Waals surface area contributed by atoms with E-state index in [9.17, 15) is 14.3 Å². The second kappa shape index (κ2) is 7.66. The third kappa shape index (κ3) is 5.12. The summed E-state index contributed by atoms with van der Waals surface area (Å²) in [6.45, 7) is 4.08. The fourth-order valence-corrected chi connectivity index (χ4v) is 3.39. The molecule has 1 aliphatic rings. The predicted octanol–water partition coefficient (Wildman–Crippen LogP) is 0.0294. The van der Waals surface area contributed by atoms with Crippen LogP contribution in [-0.2, 0) is 29.8 Å². The van der Waals surface area contributed by atoms with Gasteiger partial charge in [-0.1, -0.05) is 0 Å². The lowest BCUT2D eigenvalue weighted by Crippen LogP contribution is -2.24. The highest BCUT2D eigenvalue weighted by Gasteiger charge is 2.34. The number of aromatic amines is 1. The number of nitrogens with two attached hydrogens (primary N) is 1. The summed E-state index contributed by atoms with van der Waals surface area (Å²) in [6, 6.07) is 0. The fourth-order valence-electron chi connectivity index (χ4n) is 2.56. The topological polar surface area (TPSA) is 164 Å². The van der Waals surface area contributed by atoms with Crippen LogP contribution in [0.5, 0.6) is 0 Å². The molecule has 0 radical (unpaired) electrons. The minimum atomic E-state index is -3.93. The molecule has 1 aliphatic heterocycles. The van der Waals surface area contributed by atoms with E-state index in [2.05, 4.69) is 15.0 Å². The van der Waals surface area contributed by atoms with Crippen LogP contribution in [-0.4, -0.2) is 62.5 Å². The van der Waals surface area contributed by atoms with Crippen LogP contribution in [0.25, 0.3) is 11.2 Å². The Labute approximate surface area is 154 Å². The summed E-state index contributed by atoms with van der Waals surface area (Å²) in [6.07, 6.45) is 0.531. The zero-order valence-corrected chi connectivity index (χ0v) is 15.8. The molecule has 2 unspecified atom stereocenters. The van der Waals surface area contributed by atoms with Crippen molar-refractivity contribution in [3.63, 3.8) is 0 Å². The first-order valence-electron chi connectivity index (χ1n) is 8.22. The lowest BCUT2D eigenvalue weighted by atomic mass is 10.4. The summed E-state index contributed by atoms with van der Waals surface area (Å²) in [7, 11) is -3.93. The minimum absolute atomic E-state index is 0.0234. The molecule has 0 bridgehead atoms. The van der Waals surface area contributed by atoms with Crippen LogP contribution in [0.15, 0.2) is 11.1 Å². The normalized spacial score (nSPS) is 21.5. The van der Waals surface area contributed by atoms with E-state index < -0.39 is 31.4 Å². The number of nitrogens with one attached hydrogen (secondary N) is 1. The number of aromatic nitrogens is 4. The van der Waals surface area contributed by atoms with E-state index >= 15 is 0 Å². The first-order chi connectivity index (χ1) is 12.7. The number of hydrogen-bond donors (Lipinski definition) is 3. The largest absolute Gasteiger partial charge is 0.369 e. The molecule has 0 aliphatic carbocycles. The van der Waals surface area contributed by atoms with Gasteiger partial charge in [0.05, 0.1) is 26.1 Å². The number of nitrogen functional groups attached to an aromatic ring is 1. The smallest absolute Gasteiger partial charge is 0.353 e. The first-order valence-corrected chi connectivity index (χ1v) is 9.98. The molecular weight excluding hydrogens is 381 g/mol. The summed E-state index contributed by atoms with van der Waals surface area (Å²) < 4.78 is 34.7. The molecule has 0 aromatic carbocycles. The van der Waals surface area contributed by atoms with E-state index in [0.717, 1.165) is 0 Å². The number of hydrogen-bond acceptors (Lipinski definition) is 9. The molecule has 27 heavy (non-hydrogen) atoms. The van der Waals surface area contributed by atoms with Crippen LogP contribution in [0, 0.1) is 0 Å². The summed E-state index contributed by atoms with van der Waals surface area (Å²) >= 11 is 0. The molecule has 0 saturated carbocycles. The minimum Gasteiger partial charge on any atom is -0.369 e. The van der Waals surface area contributed by atoms with Crippen LogP contribution in [0.1, 0.15) is 13.8 Å². The Balaban J connectivity index is 1.46. The molecule has 3 rings (SSSR count). The molecule has 3 heterocycles. The Morgan fingerprint density at radius 1 is 1.56 bits per heavy atom. The highest BCUT2D eigenvalue weighted by Crippen LogP contribution is 2.42. The molecule has 2 atom stereocenters. The van der Waals surface area contributed by atoms with Crippen molar-refractivity contribution in [1.82, 2.24) is 19.5 Å². The van der Waals surface area contributed by atoms with Gasteiger partial charge in [0, 0.05) is 6.54 Å². The van der Waals surface area contributed by atoms with Gasteiger partial charge in [-0.25, -0.2) is 4.98 Å². The van der Waals surface area contributed by atoms with Gasteiger partial charge in [0.1, 0.15) is 12.5 Å². The second-order valence-electron chi connectivity index (χ2n) is 6.48. The van der Waals surface area contributed by atoms with E-state index in [1.165, 1.54) is 6.33 Å². The Morgan fingerprint density at radius 2 is 2.33 bits per heavy atom. The first kappa shape index (κ1) is 19.9. The van der Waals surface area contributed by atoms with E-state index in [0.29, 0.717) is 5.65 Å². The zero-order chi connectivity index (χ0) is 19.7. The molecule has 2 aromatic heterocycles. The number of rotatable bonds is 8. The average molecular weight is 403 g/mol. The van der Waals surface area contributed by atoms with Gasteiger partial charge in [0.2, 0.25) is 5.95 Å². The zero-order valence-electron chi connectivity index (χ0n) is 15.0. The third-order valence-electron chi connectivity index (χ3n) is 3.75. The molecule has 0 amide bonds. The number of anilines is 1. The van der Waals surface area contributed by atoms with Crippen molar-refractivity contribution in [1.29, 1.82) is 0 Å². The van der Waals surface area contributed by atoms with Crippen LogP contribution < -0.4 is 11.3 Å². The monoisotopic (exact) mass is 403 g/mol. The lowest BCUT2D eigenvalue weighted by molar-refractivity contribution is -0.141. The maximum absolute atomic E-state index is 12.0. The van der Waals surface area contributed by atoms with E-state index in [1.54, 1.807) is 18.4 Å². The molecule has 1 fully saturated rings. The highest BCUT2D eigenvalue weighted by atomic mass is 31.2. The highest BCUT2D eigenvalue weighted by molar-refractivity contribution is 7.52. The van der Waals surface area contributed by atoms with Gasteiger partial charge in [-0.05, 0) is 13.8 Å². The maximum atomic E-state index is 12.0. The Bertz CT molecular complexity index is 911. The summed E-state index contributed by atoms with van der Waals surface area (Å²) in [4.78, 5) is 31.9. The Hall–Kier alpha value is -1.82. The van der Waals surface area contributed by atoms with Crippen molar-refractivity contribution in [3.05, 3.63) is 16.7 Å². The van der Waals surface area contributed by atoms with Gasteiger partial charge in [0.25, 0.3) is 5.56 Å². The predicted molar refractivity (Wildman–Crippen MR) is 94.1 cm³/mol. The summed E-state index contributed by atoms with van der Waals surface area (Å²) in [5.74, 6) is -0.749. The van der Waals surface area contributed by atoms with Crippen LogP contribution in [0.3, 0.4) is 0 Å². The van der Waals surface area contributed by atoms with Gasteiger partial charge in [-0.2, -0.15) is 4.98 Å². The van der Waals surface area contributed by atoms with E-state index in [-0.39, 0.29) is 37.8 Å².